The number of carbonyl (C=O) groups is 1. The van der Waals surface area contributed by atoms with Gasteiger partial charge in [-0.15, -0.1) is 11.3 Å². The first kappa shape index (κ1) is 15.7. The average Bonchev–Trinajstić information content (AvgIpc) is 2.90. The Morgan fingerprint density at radius 2 is 1.78 bits per heavy atom. The molecule has 0 aliphatic rings. The number of carbonyl (C=O) groups excluding carboxylic acids is 1. The number of hydrogen-bond donors (Lipinski definition) is 1. The molecule has 0 aliphatic carbocycles. The van der Waals surface area contributed by atoms with Crippen molar-refractivity contribution in [3.05, 3.63) is 59.1 Å². The third kappa shape index (κ3) is 3.77. The van der Waals surface area contributed by atoms with Crippen molar-refractivity contribution in [1.82, 2.24) is 4.98 Å². The number of para-hydroxylation sites is 1. The molecule has 4 heteroatoms. The number of rotatable bonds is 3. The van der Waals surface area contributed by atoms with Crippen molar-refractivity contribution in [1.29, 1.82) is 0 Å². The molecule has 1 aromatic heterocycles. The molecule has 3 aromatic rings. The summed E-state index contributed by atoms with van der Waals surface area (Å²) in [7, 11) is 0. The highest BCUT2D eigenvalue weighted by Crippen LogP contribution is 2.24. The van der Waals surface area contributed by atoms with Gasteiger partial charge >= 0.3 is 0 Å². The van der Waals surface area contributed by atoms with Crippen molar-refractivity contribution < 1.29 is 4.79 Å². The van der Waals surface area contributed by atoms with Crippen molar-refractivity contribution >= 4 is 33.1 Å². The highest BCUT2D eigenvalue weighted by atomic mass is 32.1. The molecule has 0 fully saturated rings. The molecular weight excluding hydrogens is 304 g/mol. The van der Waals surface area contributed by atoms with Crippen molar-refractivity contribution in [2.75, 3.05) is 5.32 Å². The Morgan fingerprint density at radius 1 is 1.09 bits per heavy atom. The van der Waals surface area contributed by atoms with Gasteiger partial charge in [0.05, 0.1) is 15.2 Å². The molecule has 0 saturated heterocycles. The summed E-state index contributed by atoms with van der Waals surface area (Å²) >= 11 is 1.73. The monoisotopic (exact) mass is 324 g/mol. The van der Waals surface area contributed by atoms with Crippen LogP contribution in [0.15, 0.2) is 48.5 Å². The topological polar surface area (TPSA) is 42.0 Å². The number of thiazole rings is 1. The van der Waals surface area contributed by atoms with Crippen LogP contribution in [0.5, 0.6) is 0 Å². The standard InChI is InChI=1S/C19H20N2OS/c1-19(2,3)18(22)20-14-10-8-13(9-11-14)12-17-21-15-6-4-5-7-16(15)23-17/h4-11H,12H2,1-3H3,(H,20,22). The number of anilines is 1. The van der Waals surface area contributed by atoms with Crippen LogP contribution < -0.4 is 5.32 Å². The number of fused-ring (bicyclic) bond motifs is 1. The molecule has 3 rings (SSSR count). The van der Waals surface area contributed by atoms with E-state index in [0.29, 0.717) is 0 Å². The highest BCUT2D eigenvalue weighted by molar-refractivity contribution is 7.18. The predicted molar refractivity (Wildman–Crippen MR) is 97.0 cm³/mol. The SMILES string of the molecule is CC(C)(C)C(=O)Nc1ccc(Cc2nc3ccccc3s2)cc1. The Hall–Kier alpha value is -2.20. The Kier molecular flexibility index (Phi) is 4.18. The summed E-state index contributed by atoms with van der Waals surface area (Å²) in [6.07, 6.45) is 0.812. The van der Waals surface area contributed by atoms with Gasteiger partial charge in [-0.3, -0.25) is 4.79 Å². The number of nitrogens with zero attached hydrogens (tertiary/aromatic N) is 1. The number of aromatic nitrogens is 1. The van der Waals surface area contributed by atoms with Gasteiger partial charge in [0.25, 0.3) is 0 Å². The van der Waals surface area contributed by atoms with Crippen molar-refractivity contribution in [2.45, 2.75) is 27.2 Å². The smallest absolute Gasteiger partial charge is 0.229 e. The molecule has 0 aliphatic heterocycles. The van der Waals surface area contributed by atoms with Crippen LogP contribution in [0.1, 0.15) is 31.3 Å². The minimum atomic E-state index is -0.389. The van der Waals surface area contributed by atoms with E-state index < -0.39 is 0 Å². The normalized spacial score (nSPS) is 11.6. The number of benzene rings is 2. The molecule has 0 atom stereocenters. The average molecular weight is 324 g/mol. The van der Waals surface area contributed by atoms with Gasteiger partial charge in [-0.25, -0.2) is 4.98 Å². The van der Waals surface area contributed by atoms with Gasteiger partial charge in [0.15, 0.2) is 0 Å². The summed E-state index contributed by atoms with van der Waals surface area (Å²) < 4.78 is 1.22. The molecule has 1 heterocycles. The van der Waals surface area contributed by atoms with E-state index in [9.17, 15) is 4.79 Å². The Balaban J connectivity index is 1.71. The maximum absolute atomic E-state index is 12.0. The highest BCUT2D eigenvalue weighted by Gasteiger charge is 2.20. The van der Waals surface area contributed by atoms with Crippen LogP contribution in [-0.4, -0.2) is 10.9 Å². The fraction of sp³-hybridized carbons (Fsp3) is 0.263. The lowest BCUT2D eigenvalue weighted by Crippen LogP contribution is -2.27. The molecule has 0 saturated carbocycles. The number of hydrogen-bond acceptors (Lipinski definition) is 3. The maximum Gasteiger partial charge on any atom is 0.229 e. The molecule has 23 heavy (non-hydrogen) atoms. The van der Waals surface area contributed by atoms with E-state index in [1.807, 2.05) is 63.2 Å². The molecule has 0 unspecified atom stereocenters. The van der Waals surface area contributed by atoms with Gasteiger partial charge < -0.3 is 5.32 Å². The van der Waals surface area contributed by atoms with E-state index >= 15 is 0 Å². The molecule has 118 valence electrons. The molecule has 2 aromatic carbocycles. The predicted octanol–water partition coefficient (Wildman–Crippen LogP) is 4.87. The molecule has 0 spiro atoms. The van der Waals surface area contributed by atoms with E-state index in [1.54, 1.807) is 11.3 Å². The van der Waals surface area contributed by atoms with Crippen molar-refractivity contribution in [3.63, 3.8) is 0 Å². The Labute approximate surface area is 140 Å². The van der Waals surface area contributed by atoms with Gasteiger partial charge in [-0.1, -0.05) is 45.0 Å². The van der Waals surface area contributed by atoms with Crippen LogP contribution in [0.2, 0.25) is 0 Å². The van der Waals surface area contributed by atoms with Crippen molar-refractivity contribution in [3.8, 4) is 0 Å². The molecule has 0 bridgehead atoms. The summed E-state index contributed by atoms with van der Waals surface area (Å²) in [5.41, 5.74) is 2.69. The van der Waals surface area contributed by atoms with Crippen LogP contribution in [0.25, 0.3) is 10.2 Å². The minimum absolute atomic E-state index is 0.0245. The molecule has 3 nitrogen and oxygen atoms in total. The van der Waals surface area contributed by atoms with Crippen LogP contribution in [0.3, 0.4) is 0 Å². The van der Waals surface area contributed by atoms with E-state index in [0.717, 1.165) is 22.6 Å². The quantitative estimate of drug-likeness (QED) is 0.746. The second kappa shape index (κ2) is 6.13. The van der Waals surface area contributed by atoms with Crippen molar-refractivity contribution in [2.24, 2.45) is 5.41 Å². The zero-order chi connectivity index (χ0) is 16.4. The van der Waals surface area contributed by atoms with Crippen LogP contribution in [0, 0.1) is 5.41 Å². The van der Waals surface area contributed by atoms with Crippen LogP contribution >= 0.6 is 11.3 Å². The molecule has 1 amide bonds. The van der Waals surface area contributed by atoms with Crippen LogP contribution in [-0.2, 0) is 11.2 Å². The fourth-order valence-electron chi connectivity index (χ4n) is 2.19. The second-order valence-electron chi connectivity index (χ2n) is 6.65. The lowest BCUT2D eigenvalue weighted by molar-refractivity contribution is -0.123. The van der Waals surface area contributed by atoms with Gasteiger partial charge in [0.2, 0.25) is 5.91 Å². The third-order valence-corrected chi connectivity index (χ3v) is 4.62. The zero-order valence-electron chi connectivity index (χ0n) is 13.6. The summed E-state index contributed by atoms with van der Waals surface area (Å²) in [6.45, 7) is 5.72. The lowest BCUT2D eigenvalue weighted by atomic mass is 9.95. The molecule has 1 N–H and O–H groups in total. The zero-order valence-corrected chi connectivity index (χ0v) is 14.4. The van der Waals surface area contributed by atoms with E-state index in [-0.39, 0.29) is 11.3 Å². The van der Waals surface area contributed by atoms with Crippen LogP contribution in [0.4, 0.5) is 5.69 Å². The minimum Gasteiger partial charge on any atom is -0.326 e. The Morgan fingerprint density at radius 3 is 2.43 bits per heavy atom. The first-order valence-electron chi connectivity index (χ1n) is 7.67. The van der Waals surface area contributed by atoms with E-state index in [1.165, 1.54) is 10.3 Å². The second-order valence-corrected chi connectivity index (χ2v) is 7.77. The summed E-state index contributed by atoms with van der Waals surface area (Å²) in [5.74, 6) is 0.0245. The summed E-state index contributed by atoms with van der Waals surface area (Å²) in [5, 5.41) is 4.05. The van der Waals surface area contributed by atoms with Gasteiger partial charge in [-0.05, 0) is 29.8 Å². The maximum atomic E-state index is 12.0. The summed E-state index contributed by atoms with van der Waals surface area (Å²) in [6, 6.07) is 16.2. The molecular formula is C19H20N2OS. The van der Waals surface area contributed by atoms with E-state index in [4.69, 9.17) is 0 Å². The number of amides is 1. The lowest BCUT2D eigenvalue weighted by Gasteiger charge is -2.17. The third-order valence-electron chi connectivity index (χ3n) is 3.59. The summed E-state index contributed by atoms with van der Waals surface area (Å²) in [4.78, 5) is 16.6. The van der Waals surface area contributed by atoms with Gasteiger partial charge in [0.1, 0.15) is 0 Å². The molecule has 0 radical (unpaired) electrons. The first-order chi connectivity index (χ1) is 10.9. The first-order valence-corrected chi connectivity index (χ1v) is 8.48. The van der Waals surface area contributed by atoms with Gasteiger partial charge in [0, 0.05) is 17.5 Å². The Bertz CT molecular complexity index is 795. The van der Waals surface area contributed by atoms with E-state index in [2.05, 4.69) is 16.4 Å². The van der Waals surface area contributed by atoms with Gasteiger partial charge in [-0.2, -0.15) is 0 Å². The largest absolute Gasteiger partial charge is 0.326 e. The fourth-order valence-corrected chi connectivity index (χ4v) is 3.20. The number of nitrogens with one attached hydrogen (secondary N) is 1.